The predicted molar refractivity (Wildman–Crippen MR) is 104 cm³/mol. The SMILES string of the molecule is CCOC(=O)C1=NN(c2ccc(N3CCCCC3=O)cc2)C2CNCCC12. The van der Waals surface area contributed by atoms with E-state index in [1.807, 2.05) is 41.1 Å². The fourth-order valence-corrected chi connectivity index (χ4v) is 4.19. The topological polar surface area (TPSA) is 74.2 Å². The van der Waals surface area contributed by atoms with Crippen LogP contribution in [0.25, 0.3) is 0 Å². The minimum atomic E-state index is -0.313. The van der Waals surface area contributed by atoms with E-state index < -0.39 is 0 Å². The summed E-state index contributed by atoms with van der Waals surface area (Å²) in [6.07, 6.45) is 3.51. The molecule has 2 saturated heterocycles. The highest BCUT2D eigenvalue weighted by atomic mass is 16.5. The van der Waals surface area contributed by atoms with Gasteiger partial charge in [0.15, 0.2) is 5.71 Å². The first-order chi connectivity index (χ1) is 13.2. The summed E-state index contributed by atoms with van der Waals surface area (Å²) in [5.41, 5.74) is 2.38. The Morgan fingerprint density at radius 2 is 2.04 bits per heavy atom. The minimum Gasteiger partial charge on any atom is -0.461 e. The van der Waals surface area contributed by atoms with E-state index in [9.17, 15) is 9.59 Å². The number of carbonyl (C=O) groups excluding carboxylic acids is 2. The molecule has 1 aromatic rings. The van der Waals surface area contributed by atoms with Gasteiger partial charge in [0.1, 0.15) is 0 Å². The molecule has 3 aliphatic heterocycles. The maximum atomic E-state index is 12.3. The van der Waals surface area contributed by atoms with Gasteiger partial charge in [0, 0.05) is 31.1 Å². The van der Waals surface area contributed by atoms with Crippen molar-refractivity contribution in [2.24, 2.45) is 11.0 Å². The van der Waals surface area contributed by atoms with Crippen molar-refractivity contribution in [3.05, 3.63) is 24.3 Å². The normalized spacial score (nSPS) is 25.2. The van der Waals surface area contributed by atoms with E-state index >= 15 is 0 Å². The number of hydrazone groups is 1. The van der Waals surface area contributed by atoms with Crippen molar-refractivity contribution >= 4 is 29.0 Å². The van der Waals surface area contributed by atoms with Gasteiger partial charge in [0.05, 0.1) is 18.3 Å². The first kappa shape index (κ1) is 18.0. The van der Waals surface area contributed by atoms with Crippen LogP contribution in [0.5, 0.6) is 0 Å². The molecule has 3 heterocycles. The summed E-state index contributed by atoms with van der Waals surface area (Å²) in [5.74, 6) is -0.0320. The molecule has 4 rings (SSSR count). The number of carbonyl (C=O) groups is 2. The lowest BCUT2D eigenvalue weighted by molar-refractivity contribution is -0.135. The van der Waals surface area contributed by atoms with Crippen molar-refractivity contribution in [3.63, 3.8) is 0 Å². The lowest BCUT2D eigenvalue weighted by Crippen LogP contribution is -2.48. The number of rotatable bonds is 4. The quantitative estimate of drug-likeness (QED) is 0.820. The van der Waals surface area contributed by atoms with Gasteiger partial charge in [-0.15, -0.1) is 0 Å². The molecule has 2 fully saturated rings. The highest BCUT2D eigenvalue weighted by molar-refractivity contribution is 6.38. The molecule has 1 N–H and O–H groups in total. The van der Waals surface area contributed by atoms with Crippen molar-refractivity contribution in [1.29, 1.82) is 0 Å². The molecule has 7 heteroatoms. The summed E-state index contributed by atoms with van der Waals surface area (Å²) in [5, 5.41) is 9.97. The van der Waals surface area contributed by atoms with Gasteiger partial charge in [-0.3, -0.25) is 9.80 Å². The van der Waals surface area contributed by atoms with Gasteiger partial charge < -0.3 is 15.0 Å². The highest BCUT2D eigenvalue weighted by Gasteiger charge is 2.43. The Morgan fingerprint density at radius 1 is 1.26 bits per heavy atom. The number of anilines is 2. The van der Waals surface area contributed by atoms with Crippen LogP contribution in [0.2, 0.25) is 0 Å². The molecule has 0 radical (unpaired) electrons. The van der Waals surface area contributed by atoms with E-state index in [0.717, 1.165) is 50.3 Å². The molecule has 27 heavy (non-hydrogen) atoms. The van der Waals surface area contributed by atoms with Crippen LogP contribution in [0.1, 0.15) is 32.6 Å². The molecule has 0 bridgehead atoms. The Bertz CT molecular complexity index is 746. The van der Waals surface area contributed by atoms with Crippen LogP contribution < -0.4 is 15.2 Å². The molecule has 1 aromatic carbocycles. The van der Waals surface area contributed by atoms with Crippen LogP contribution >= 0.6 is 0 Å². The van der Waals surface area contributed by atoms with Crippen molar-refractivity contribution in [2.45, 2.75) is 38.6 Å². The number of amides is 1. The lowest BCUT2D eigenvalue weighted by atomic mass is 9.89. The van der Waals surface area contributed by atoms with E-state index in [4.69, 9.17) is 4.74 Å². The number of nitrogens with zero attached hydrogens (tertiary/aromatic N) is 3. The van der Waals surface area contributed by atoms with E-state index in [0.29, 0.717) is 18.7 Å². The summed E-state index contributed by atoms with van der Waals surface area (Å²) in [6, 6.07) is 8.03. The van der Waals surface area contributed by atoms with Gasteiger partial charge in [-0.2, -0.15) is 5.10 Å². The lowest BCUT2D eigenvalue weighted by Gasteiger charge is -2.32. The summed E-state index contributed by atoms with van der Waals surface area (Å²) >= 11 is 0. The largest absolute Gasteiger partial charge is 0.461 e. The smallest absolute Gasteiger partial charge is 0.354 e. The molecule has 0 aromatic heterocycles. The molecule has 1 amide bonds. The summed E-state index contributed by atoms with van der Waals surface area (Å²) in [6.45, 7) is 4.60. The van der Waals surface area contributed by atoms with Crippen LogP contribution in [0, 0.1) is 5.92 Å². The number of benzene rings is 1. The van der Waals surface area contributed by atoms with Crippen LogP contribution in [0.15, 0.2) is 29.4 Å². The fourth-order valence-electron chi connectivity index (χ4n) is 4.19. The zero-order valence-electron chi connectivity index (χ0n) is 15.7. The Morgan fingerprint density at radius 3 is 2.78 bits per heavy atom. The van der Waals surface area contributed by atoms with Crippen LogP contribution in [-0.2, 0) is 14.3 Å². The maximum absolute atomic E-state index is 12.3. The number of piperidine rings is 2. The van der Waals surface area contributed by atoms with Gasteiger partial charge in [0.2, 0.25) is 5.91 Å². The zero-order chi connectivity index (χ0) is 18.8. The van der Waals surface area contributed by atoms with E-state index in [1.165, 1.54) is 0 Å². The molecular weight excluding hydrogens is 344 g/mol. The number of hydrogen-bond donors (Lipinski definition) is 1. The Labute approximate surface area is 159 Å². The zero-order valence-corrected chi connectivity index (χ0v) is 15.7. The molecule has 0 saturated carbocycles. The van der Waals surface area contributed by atoms with Crippen molar-refractivity contribution in [3.8, 4) is 0 Å². The van der Waals surface area contributed by atoms with E-state index in [2.05, 4.69) is 10.4 Å². The van der Waals surface area contributed by atoms with Gasteiger partial charge in [0.25, 0.3) is 0 Å². The van der Waals surface area contributed by atoms with Gasteiger partial charge in [-0.05, 0) is 57.0 Å². The Hall–Kier alpha value is -2.41. The summed E-state index contributed by atoms with van der Waals surface area (Å²) < 4.78 is 5.21. The van der Waals surface area contributed by atoms with Gasteiger partial charge in [-0.25, -0.2) is 4.79 Å². The average Bonchev–Trinajstić information content (AvgIpc) is 3.09. The molecule has 3 aliphatic rings. The fraction of sp³-hybridized carbons (Fsp3) is 0.550. The van der Waals surface area contributed by atoms with Crippen LogP contribution in [0.4, 0.5) is 11.4 Å². The molecule has 0 spiro atoms. The van der Waals surface area contributed by atoms with Crippen molar-refractivity contribution in [1.82, 2.24) is 5.32 Å². The number of ether oxygens (including phenoxy) is 1. The van der Waals surface area contributed by atoms with Gasteiger partial charge >= 0.3 is 5.97 Å². The second kappa shape index (κ2) is 7.68. The maximum Gasteiger partial charge on any atom is 0.354 e. The Kier molecular flexibility index (Phi) is 5.11. The molecular formula is C20H26N4O3. The van der Waals surface area contributed by atoms with Crippen LogP contribution in [0.3, 0.4) is 0 Å². The summed E-state index contributed by atoms with van der Waals surface area (Å²) in [4.78, 5) is 26.3. The Balaban J connectivity index is 1.57. The molecule has 2 atom stereocenters. The first-order valence-electron chi connectivity index (χ1n) is 9.85. The molecule has 0 aliphatic carbocycles. The minimum absolute atomic E-state index is 0.0913. The van der Waals surface area contributed by atoms with Crippen molar-refractivity contribution < 1.29 is 14.3 Å². The molecule has 144 valence electrons. The second-order valence-electron chi connectivity index (χ2n) is 7.24. The second-order valence-corrected chi connectivity index (χ2v) is 7.24. The number of fused-ring (bicyclic) bond motifs is 1. The van der Waals surface area contributed by atoms with E-state index in [-0.39, 0.29) is 23.8 Å². The average molecular weight is 370 g/mol. The predicted octanol–water partition coefficient (Wildman–Crippen LogP) is 1.92. The van der Waals surface area contributed by atoms with Crippen molar-refractivity contribution in [2.75, 3.05) is 36.1 Å². The number of esters is 1. The van der Waals surface area contributed by atoms with Crippen LogP contribution in [-0.4, -0.2) is 49.9 Å². The third-order valence-corrected chi connectivity index (χ3v) is 5.56. The third-order valence-electron chi connectivity index (χ3n) is 5.56. The summed E-state index contributed by atoms with van der Waals surface area (Å²) in [7, 11) is 0. The molecule has 7 nitrogen and oxygen atoms in total. The first-order valence-corrected chi connectivity index (χ1v) is 9.85. The van der Waals surface area contributed by atoms with E-state index in [1.54, 1.807) is 0 Å². The third kappa shape index (κ3) is 3.43. The standard InChI is InChI=1S/C20H26N4O3/c1-2-27-20(26)19-16-10-11-21-13-17(16)24(22-19)15-8-6-14(7-9-15)23-12-4-3-5-18(23)25/h6-9,16-17,21H,2-5,10-13H2,1H3. The highest BCUT2D eigenvalue weighted by Crippen LogP contribution is 2.33. The number of hydrogen-bond acceptors (Lipinski definition) is 6. The molecule has 2 unspecified atom stereocenters. The monoisotopic (exact) mass is 370 g/mol. The van der Waals surface area contributed by atoms with Gasteiger partial charge in [-0.1, -0.05) is 0 Å². The number of nitrogens with one attached hydrogen (secondary N) is 1.